The Morgan fingerprint density at radius 1 is 1.50 bits per heavy atom. The highest BCUT2D eigenvalue weighted by Crippen LogP contribution is 2.43. The lowest BCUT2D eigenvalue weighted by atomic mass is 10.1. The molecule has 1 heterocycles. The number of carboxylic acids is 1. The number of aromatic carboxylic acids is 1. The minimum absolute atomic E-state index is 0.0120. The van der Waals surface area contributed by atoms with E-state index in [-0.39, 0.29) is 5.69 Å². The van der Waals surface area contributed by atoms with E-state index < -0.39 is 5.97 Å². The van der Waals surface area contributed by atoms with Crippen molar-refractivity contribution in [3.63, 3.8) is 0 Å². The second kappa shape index (κ2) is 5.88. The van der Waals surface area contributed by atoms with E-state index in [0.717, 1.165) is 12.8 Å². The number of aromatic amines is 1. The highest BCUT2D eigenvalue weighted by atomic mass is 35.5. The summed E-state index contributed by atoms with van der Waals surface area (Å²) < 4.78 is 11.2. The van der Waals surface area contributed by atoms with Gasteiger partial charge in [-0.25, -0.2) is 4.79 Å². The smallest absolute Gasteiger partial charge is 0.353 e. The predicted octanol–water partition coefficient (Wildman–Crippen LogP) is 3.23. The summed E-state index contributed by atoms with van der Waals surface area (Å²) >= 11 is 6.28. The third kappa shape index (κ3) is 2.87. The van der Waals surface area contributed by atoms with Gasteiger partial charge in [0.1, 0.15) is 5.69 Å². The summed E-state index contributed by atoms with van der Waals surface area (Å²) in [5, 5.41) is 15.9. The Morgan fingerprint density at radius 3 is 2.86 bits per heavy atom. The number of rotatable bonds is 6. The minimum Gasteiger partial charge on any atom is -0.493 e. The van der Waals surface area contributed by atoms with Crippen LogP contribution in [0.3, 0.4) is 0 Å². The van der Waals surface area contributed by atoms with E-state index in [1.807, 2.05) is 0 Å². The summed E-state index contributed by atoms with van der Waals surface area (Å²) in [5.74, 6) is 0.508. The van der Waals surface area contributed by atoms with Crippen molar-refractivity contribution in [1.82, 2.24) is 10.2 Å². The van der Waals surface area contributed by atoms with Crippen molar-refractivity contribution < 1.29 is 19.4 Å². The van der Waals surface area contributed by atoms with Gasteiger partial charge in [-0.1, -0.05) is 11.6 Å². The molecule has 1 aromatic carbocycles. The lowest BCUT2D eigenvalue weighted by molar-refractivity contribution is 0.0690. The normalized spacial score (nSPS) is 13.9. The number of benzene rings is 1. The van der Waals surface area contributed by atoms with Crippen molar-refractivity contribution in [2.24, 2.45) is 5.92 Å². The van der Waals surface area contributed by atoms with Gasteiger partial charge in [-0.2, -0.15) is 5.10 Å². The molecule has 7 heteroatoms. The third-order valence-electron chi connectivity index (χ3n) is 3.52. The Hall–Kier alpha value is -2.21. The van der Waals surface area contributed by atoms with Gasteiger partial charge in [0.05, 0.1) is 30.0 Å². The number of aromatic nitrogens is 2. The number of carbonyl (C=O) groups is 1. The largest absolute Gasteiger partial charge is 0.493 e. The van der Waals surface area contributed by atoms with Gasteiger partial charge in [0.15, 0.2) is 11.5 Å². The Balaban J connectivity index is 2.03. The number of nitrogens with one attached hydrogen (secondary N) is 1. The first-order valence-electron chi connectivity index (χ1n) is 6.88. The van der Waals surface area contributed by atoms with Crippen LogP contribution in [0.5, 0.6) is 11.5 Å². The lowest BCUT2D eigenvalue weighted by Gasteiger charge is -2.15. The van der Waals surface area contributed by atoms with E-state index in [4.69, 9.17) is 26.2 Å². The first-order valence-corrected chi connectivity index (χ1v) is 7.26. The average molecular weight is 323 g/mol. The van der Waals surface area contributed by atoms with Crippen LogP contribution in [0.1, 0.15) is 23.3 Å². The number of methoxy groups -OCH3 is 1. The summed E-state index contributed by atoms with van der Waals surface area (Å²) in [6, 6.07) is 4.82. The first kappa shape index (κ1) is 14.7. The zero-order chi connectivity index (χ0) is 15.7. The Morgan fingerprint density at radius 2 is 2.27 bits per heavy atom. The molecule has 116 valence electrons. The maximum atomic E-state index is 11.0. The molecular weight excluding hydrogens is 308 g/mol. The maximum absolute atomic E-state index is 11.0. The third-order valence-corrected chi connectivity index (χ3v) is 3.83. The predicted molar refractivity (Wildman–Crippen MR) is 80.8 cm³/mol. The average Bonchev–Trinajstić information content (AvgIpc) is 3.20. The SMILES string of the molecule is COc1ccc(Cl)c(-c2cc(C(=O)O)[nH]n2)c1OCC1CC1. The molecule has 1 fully saturated rings. The molecule has 0 atom stereocenters. The van der Waals surface area contributed by atoms with Crippen LogP contribution in [0.2, 0.25) is 5.02 Å². The number of halogens is 1. The lowest BCUT2D eigenvalue weighted by Crippen LogP contribution is -2.03. The zero-order valence-corrected chi connectivity index (χ0v) is 12.7. The summed E-state index contributed by atoms with van der Waals surface area (Å²) in [5.41, 5.74) is 0.930. The van der Waals surface area contributed by atoms with Gasteiger partial charge in [-0.3, -0.25) is 5.10 Å². The van der Waals surface area contributed by atoms with Crippen LogP contribution < -0.4 is 9.47 Å². The number of nitrogens with zero attached hydrogens (tertiary/aromatic N) is 1. The Kier molecular flexibility index (Phi) is 3.94. The molecule has 2 N–H and O–H groups in total. The monoisotopic (exact) mass is 322 g/mol. The van der Waals surface area contributed by atoms with Crippen LogP contribution in [0.25, 0.3) is 11.3 Å². The first-order chi connectivity index (χ1) is 10.6. The van der Waals surface area contributed by atoms with Crippen molar-refractivity contribution in [2.75, 3.05) is 13.7 Å². The van der Waals surface area contributed by atoms with Gasteiger partial charge in [0.2, 0.25) is 0 Å². The summed E-state index contributed by atoms with van der Waals surface area (Å²) in [7, 11) is 1.55. The Bertz CT molecular complexity index is 710. The van der Waals surface area contributed by atoms with Gasteiger partial charge < -0.3 is 14.6 Å². The summed E-state index contributed by atoms with van der Waals surface area (Å²) in [4.78, 5) is 11.0. The van der Waals surface area contributed by atoms with Crippen LogP contribution in [0.15, 0.2) is 18.2 Å². The van der Waals surface area contributed by atoms with Crippen LogP contribution in [0.4, 0.5) is 0 Å². The highest BCUT2D eigenvalue weighted by Gasteiger charge is 2.25. The van der Waals surface area contributed by atoms with E-state index in [9.17, 15) is 4.79 Å². The molecule has 0 spiro atoms. The molecule has 0 unspecified atom stereocenters. The second-order valence-electron chi connectivity index (χ2n) is 5.18. The number of hydrogen-bond donors (Lipinski definition) is 2. The van der Waals surface area contributed by atoms with Crippen LogP contribution in [0, 0.1) is 5.92 Å². The molecule has 0 bridgehead atoms. The van der Waals surface area contributed by atoms with Crippen molar-refractivity contribution in [1.29, 1.82) is 0 Å². The van der Waals surface area contributed by atoms with Gasteiger partial charge >= 0.3 is 5.97 Å². The molecular formula is C15H15ClN2O4. The fourth-order valence-electron chi connectivity index (χ4n) is 2.13. The molecule has 22 heavy (non-hydrogen) atoms. The quantitative estimate of drug-likeness (QED) is 0.853. The number of ether oxygens (including phenoxy) is 2. The molecule has 0 amide bonds. The zero-order valence-electron chi connectivity index (χ0n) is 11.9. The molecule has 1 saturated carbocycles. The van der Waals surface area contributed by atoms with Gasteiger partial charge in [-0.15, -0.1) is 0 Å². The molecule has 1 aromatic heterocycles. The summed E-state index contributed by atoms with van der Waals surface area (Å²) in [6.07, 6.45) is 2.31. The van der Waals surface area contributed by atoms with Gasteiger partial charge in [-0.05, 0) is 37.0 Å². The van der Waals surface area contributed by atoms with E-state index in [1.165, 1.54) is 6.07 Å². The molecule has 3 rings (SSSR count). The number of hydrogen-bond acceptors (Lipinski definition) is 4. The number of H-pyrrole nitrogens is 1. The molecule has 6 nitrogen and oxygen atoms in total. The van der Waals surface area contributed by atoms with Crippen LogP contribution in [-0.2, 0) is 0 Å². The topological polar surface area (TPSA) is 84.4 Å². The van der Waals surface area contributed by atoms with Crippen molar-refractivity contribution in [2.45, 2.75) is 12.8 Å². The summed E-state index contributed by atoms with van der Waals surface area (Å²) in [6.45, 7) is 0.583. The second-order valence-corrected chi connectivity index (χ2v) is 5.59. The molecule has 2 aromatic rings. The van der Waals surface area contributed by atoms with E-state index in [1.54, 1.807) is 19.2 Å². The fraction of sp³-hybridized carbons (Fsp3) is 0.333. The van der Waals surface area contributed by atoms with Gasteiger partial charge in [0, 0.05) is 0 Å². The fourth-order valence-corrected chi connectivity index (χ4v) is 2.37. The maximum Gasteiger partial charge on any atom is 0.353 e. The van der Waals surface area contributed by atoms with Crippen molar-refractivity contribution in [3.05, 3.63) is 28.9 Å². The van der Waals surface area contributed by atoms with E-state index >= 15 is 0 Å². The molecule has 0 radical (unpaired) electrons. The van der Waals surface area contributed by atoms with Crippen molar-refractivity contribution >= 4 is 17.6 Å². The minimum atomic E-state index is -1.08. The number of carboxylic acid groups (broad SMARTS) is 1. The van der Waals surface area contributed by atoms with Gasteiger partial charge in [0.25, 0.3) is 0 Å². The Labute approximate surface area is 132 Å². The van der Waals surface area contributed by atoms with E-state index in [0.29, 0.717) is 40.3 Å². The molecule has 1 aliphatic rings. The van der Waals surface area contributed by atoms with Crippen LogP contribution >= 0.6 is 11.6 Å². The van der Waals surface area contributed by atoms with Crippen LogP contribution in [-0.4, -0.2) is 35.0 Å². The molecule has 0 saturated heterocycles. The molecule has 1 aliphatic carbocycles. The van der Waals surface area contributed by atoms with E-state index in [2.05, 4.69) is 10.2 Å². The molecule has 0 aliphatic heterocycles. The highest BCUT2D eigenvalue weighted by molar-refractivity contribution is 6.33. The standard InChI is InChI=1S/C15H15ClN2O4/c1-21-12-5-4-9(16)13(14(12)22-7-8-2-3-8)10-6-11(15(19)20)18-17-10/h4-6,8H,2-3,7H2,1H3,(H,17,18)(H,19,20). The van der Waals surface area contributed by atoms with Crippen molar-refractivity contribution in [3.8, 4) is 22.8 Å².